The van der Waals surface area contributed by atoms with Crippen LogP contribution in [-0.2, 0) is 11.3 Å². The van der Waals surface area contributed by atoms with E-state index in [0.29, 0.717) is 16.8 Å². The third-order valence-electron chi connectivity index (χ3n) is 6.89. The molecule has 206 valence electrons. The van der Waals surface area contributed by atoms with Crippen molar-refractivity contribution in [2.75, 3.05) is 13.2 Å². The van der Waals surface area contributed by atoms with Crippen LogP contribution in [0.25, 0.3) is 17.0 Å². The minimum absolute atomic E-state index is 0.00159. The van der Waals surface area contributed by atoms with E-state index in [-0.39, 0.29) is 18.0 Å². The molecule has 3 heterocycles. The standard InChI is InChI=1S/C32H29N5O3S/c1-21-12-14-24(15-13-21)39-17-7-16-36-19-23(25-9-4-5-10-27(25)36)18-26-30(33)37-32(34-31(26)38)41-29(35-37)20-40-28-11-6-3-8-22(28)2/h3-6,8-15,18-19,33H,7,16-17,20H2,1-2H3/b26-18-,33-30?. The molecule has 4 aromatic rings. The Morgan fingerprint density at radius 3 is 2.59 bits per heavy atom. The van der Waals surface area contributed by atoms with Gasteiger partial charge in [0, 0.05) is 29.2 Å². The molecule has 0 spiro atoms. The third-order valence-corrected chi connectivity index (χ3v) is 7.78. The van der Waals surface area contributed by atoms with Crippen molar-refractivity contribution in [3.63, 3.8) is 0 Å². The number of fused-ring (bicyclic) bond motifs is 2. The molecule has 0 fully saturated rings. The van der Waals surface area contributed by atoms with Gasteiger partial charge in [0.15, 0.2) is 5.84 Å². The minimum atomic E-state index is -0.451. The van der Waals surface area contributed by atoms with Crippen LogP contribution in [0.15, 0.2) is 94.7 Å². The number of amidine groups is 2. The van der Waals surface area contributed by atoms with Crippen LogP contribution < -0.4 is 9.47 Å². The molecule has 1 aromatic heterocycles. The first-order valence-electron chi connectivity index (χ1n) is 13.4. The summed E-state index contributed by atoms with van der Waals surface area (Å²) in [6, 6.07) is 23.9. The maximum absolute atomic E-state index is 13.0. The van der Waals surface area contributed by atoms with Crippen molar-refractivity contribution in [2.24, 2.45) is 10.1 Å². The highest BCUT2D eigenvalue weighted by molar-refractivity contribution is 8.27. The summed E-state index contributed by atoms with van der Waals surface area (Å²) in [4.78, 5) is 17.3. The summed E-state index contributed by atoms with van der Waals surface area (Å²) in [5, 5.41) is 16.7. The van der Waals surface area contributed by atoms with Crippen molar-refractivity contribution >= 4 is 50.7 Å². The van der Waals surface area contributed by atoms with E-state index in [0.717, 1.165) is 46.5 Å². The number of ether oxygens (including phenoxy) is 2. The number of hydrazone groups is 1. The second-order valence-corrected chi connectivity index (χ2v) is 10.9. The van der Waals surface area contributed by atoms with Gasteiger partial charge in [-0.15, -0.1) is 0 Å². The van der Waals surface area contributed by atoms with Gasteiger partial charge in [0.2, 0.25) is 5.17 Å². The number of carbonyl (C=O) groups is 1. The minimum Gasteiger partial charge on any atom is -0.494 e. The van der Waals surface area contributed by atoms with E-state index in [4.69, 9.17) is 14.9 Å². The van der Waals surface area contributed by atoms with Crippen LogP contribution in [0.4, 0.5) is 0 Å². The van der Waals surface area contributed by atoms with Gasteiger partial charge < -0.3 is 14.0 Å². The molecule has 9 heteroatoms. The number of amides is 1. The first-order chi connectivity index (χ1) is 20.0. The molecule has 2 aliphatic rings. The second-order valence-electron chi connectivity index (χ2n) is 9.88. The zero-order chi connectivity index (χ0) is 28.3. The highest BCUT2D eigenvalue weighted by Crippen LogP contribution is 2.31. The van der Waals surface area contributed by atoms with Gasteiger partial charge in [-0.05, 0) is 67.9 Å². The van der Waals surface area contributed by atoms with Gasteiger partial charge in [-0.25, -0.2) is 0 Å². The topological polar surface area (TPSA) is 92.3 Å². The van der Waals surface area contributed by atoms with Crippen molar-refractivity contribution in [1.82, 2.24) is 9.58 Å². The SMILES string of the molecule is Cc1ccc(OCCCn2cc(/C=C3/C(=N)N4N=C(COc5ccccc5C)SC4=NC3=O)c3ccccc32)cc1. The molecule has 0 saturated carbocycles. The predicted octanol–water partition coefficient (Wildman–Crippen LogP) is 6.43. The molecule has 8 nitrogen and oxygen atoms in total. The van der Waals surface area contributed by atoms with E-state index in [1.54, 1.807) is 6.08 Å². The van der Waals surface area contributed by atoms with Crippen LogP contribution in [0.1, 0.15) is 23.1 Å². The molecule has 0 atom stereocenters. The normalized spacial score (nSPS) is 15.8. The largest absolute Gasteiger partial charge is 0.494 e. The van der Waals surface area contributed by atoms with Crippen molar-refractivity contribution in [1.29, 1.82) is 5.41 Å². The van der Waals surface area contributed by atoms with Gasteiger partial charge in [0.05, 0.1) is 12.2 Å². The van der Waals surface area contributed by atoms with Crippen LogP contribution in [0.3, 0.4) is 0 Å². The molecule has 3 aromatic carbocycles. The van der Waals surface area contributed by atoms with Gasteiger partial charge >= 0.3 is 0 Å². The molecular formula is C32H29N5O3S. The quantitative estimate of drug-likeness (QED) is 0.187. The highest BCUT2D eigenvalue weighted by Gasteiger charge is 2.36. The summed E-state index contributed by atoms with van der Waals surface area (Å²) in [5.74, 6) is 1.18. The van der Waals surface area contributed by atoms with Crippen LogP contribution in [-0.4, -0.2) is 44.7 Å². The summed E-state index contributed by atoms with van der Waals surface area (Å²) in [7, 11) is 0. The fourth-order valence-electron chi connectivity index (χ4n) is 4.74. The fraction of sp³-hybridized carbons (Fsp3) is 0.188. The Hall–Kier alpha value is -4.63. The van der Waals surface area contributed by atoms with Gasteiger partial charge in [0.1, 0.15) is 23.1 Å². The monoisotopic (exact) mass is 563 g/mol. The lowest BCUT2D eigenvalue weighted by atomic mass is 10.1. The number of para-hydroxylation sites is 2. The van der Waals surface area contributed by atoms with E-state index < -0.39 is 5.91 Å². The number of aryl methyl sites for hydroxylation is 3. The molecule has 0 unspecified atom stereocenters. The van der Waals surface area contributed by atoms with Gasteiger partial charge in [-0.3, -0.25) is 10.2 Å². The predicted molar refractivity (Wildman–Crippen MR) is 165 cm³/mol. The lowest BCUT2D eigenvalue weighted by Gasteiger charge is -2.20. The maximum atomic E-state index is 13.0. The van der Waals surface area contributed by atoms with Gasteiger partial charge in [-0.2, -0.15) is 15.1 Å². The fourth-order valence-corrected chi connectivity index (χ4v) is 5.54. The van der Waals surface area contributed by atoms with Crippen LogP contribution >= 0.6 is 11.8 Å². The first-order valence-corrected chi connectivity index (χ1v) is 14.2. The molecule has 1 N–H and O–H groups in total. The average molecular weight is 564 g/mol. The third kappa shape index (κ3) is 5.67. The smallest absolute Gasteiger partial charge is 0.283 e. The maximum Gasteiger partial charge on any atom is 0.283 e. The summed E-state index contributed by atoms with van der Waals surface area (Å²) < 4.78 is 14.0. The van der Waals surface area contributed by atoms with Crippen LogP contribution in [0.5, 0.6) is 11.5 Å². The molecule has 0 aliphatic carbocycles. The Morgan fingerprint density at radius 2 is 1.76 bits per heavy atom. The van der Waals surface area contributed by atoms with E-state index in [1.165, 1.54) is 22.3 Å². The van der Waals surface area contributed by atoms with Gasteiger partial charge in [-0.1, -0.05) is 54.1 Å². The van der Waals surface area contributed by atoms with E-state index in [1.807, 2.05) is 79.9 Å². The molecule has 0 bridgehead atoms. The molecule has 0 saturated heterocycles. The number of thioether (sulfide) groups is 1. The molecule has 1 amide bonds. The summed E-state index contributed by atoms with van der Waals surface area (Å²) in [5.41, 5.74) is 4.33. The number of aromatic nitrogens is 1. The average Bonchev–Trinajstić information content (AvgIpc) is 3.55. The Morgan fingerprint density at radius 1 is 0.976 bits per heavy atom. The number of hydrogen-bond acceptors (Lipinski definition) is 6. The van der Waals surface area contributed by atoms with Gasteiger partial charge in [0.25, 0.3) is 5.91 Å². The number of nitrogens with one attached hydrogen (secondary N) is 1. The molecule has 2 aliphatic heterocycles. The van der Waals surface area contributed by atoms with Crippen LogP contribution in [0, 0.1) is 19.3 Å². The number of carbonyl (C=O) groups excluding carboxylic acids is 1. The lowest BCUT2D eigenvalue weighted by Crippen LogP contribution is -2.35. The summed E-state index contributed by atoms with van der Waals surface area (Å²) in [6.45, 7) is 5.60. The number of rotatable bonds is 9. The highest BCUT2D eigenvalue weighted by atomic mass is 32.2. The molecule has 41 heavy (non-hydrogen) atoms. The lowest BCUT2D eigenvalue weighted by molar-refractivity contribution is -0.114. The van der Waals surface area contributed by atoms with E-state index >= 15 is 0 Å². The number of nitrogens with zero attached hydrogens (tertiary/aromatic N) is 4. The molecule has 0 radical (unpaired) electrons. The van der Waals surface area contributed by atoms with Crippen molar-refractivity contribution in [2.45, 2.75) is 26.8 Å². The number of benzene rings is 3. The Kier molecular flexibility index (Phi) is 7.43. The van der Waals surface area contributed by atoms with Crippen molar-refractivity contribution < 1.29 is 14.3 Å². The van der Waals surface area contributed by atoms with E-state index in [9.17, 15) is 4.79 Å². The summed E-state index contributed by atoms with van der Waals surface area (Å²) in [6.07, 6.45) is 4.58. The molecule has 6 rings (SSSR count). The molecular weight excluding hydrogens is 534 g/mol. The summed E-state index contributed by atoms with van der Waals surface area (Å²) >= 11 is 1.25. The zero-order valence-electron chi connectivity index (χ0n) is 22.8. The zero-order valence-corrected chi connectivity index (χ0v) is 23.6. The number of hydrogen-bond donors (Lipinski definition) is 1. The first kappa shape index (κ1) is 26.6. The number of aliphatic imine (C=N–C) groups is 1. The van der Waals surface area contributed by atoms with Crippen molar-refractivity contribution in [3.8, 4) is 11.5 Å². The second kappa shape index (κ2) is 11.5. The van der Waals surface area contributed by atoms with Crippen LogP contribution in [0.2, 0.25) is 0 Å². The Bertz CT molecular complexity index is 1740. The van der Waals surface area contributed by atoms with E-state index in [2.05, 4.69) is 27.7 Å². The Labute approximate surface area is 242 Å². The van der Waals surface area contributed by atoms with Crippen molar-refractivity contribution in [3.05, 3.63) is 101 Å². The Balaban J connectivity index is 1.18.